The molecular formula is C28H52O2. The number of rotatable bonds is 23. The number of carbonyl (C=O) groups excluding carboxylic acids is 1. The van der Waals surface area contributed by atoms with Crippen molar-refractivity contribution in [2.24, 2.45) is 0 Å². The summed E-state index contributed by atoms with van der Waals surface area (Å²) in [5.41, 5.74) is 0. The first kappa shape index (κ1) is 28.9. The quantitative estimate of drug-likeness (QED) is 0.0934. The lowest BCUT2D eigenvalue weighted by Gasteiger charge is -2.05. The van der Waals surface area contributed by atoms with E-state index in [1.165, 1.54) is 96.3 Å². The van der Waals surface area contributed by atoms with E-state index in [2.05, 4.69) is 38.2 Å². The summed E-state index contributed by atoms with van der Waals surface area (Å²) in [7, 11) is 0. The lowest BCUT2D eigenvalue weighted by Crippen LogP contribution is -2.05. The molecule has 176 valence electrons. The van der Waals surface area contributed by atoms with E-state index in [4.69, 9.17) is 4.74 Å². The Kier molecular flexibility index (Phi) is 25.1. The first-order valence-electron chi connectivity index (χ1n) is 13.3. The molecule has 0 amide bonds. The number of hydrogen-bond donors (Lipinski definition) is 0. The lowest BCUT2D eigenvalue weighted by molar-refractivity contribution is -0.143. The molecule has 2 nitrogen and oxygen atoms in total. The zero-order valence-electron chi connectivity index (χ0n) is 20.5. The van der Waals surface area contributed by atoms with Crippen LogP contribution in [0.5, 0.6) is 0 Å². The summed E-state index contributed by atoms with van der Waals surface area (Å²) in [6, 6.07) is 0. The fourth-order valence-corrected chi connectivity index (χ4v) is 3.57. The van der Waals surface area contributed by atoms with E-state index < -0.39 is 0 Å². The van der Waals surface area contributed by atoms with Crippen LogP contribution in [-0.2, 0) is 9.53 Å². The minimum absolute atomic E-state index is 0.00336. The van der Waals surface area contributed by atoms with Crippen molar-refractivity contribution >= 4 is 5.97 Å². The molecule has 0 unspecified atom stereocenters. The van der Waals surface area contributed by atoms with Crippen LogP contribution in [0.2, 0.25) is 0 Å². The van der Waals surface area contributed by atoms with Crippen molar-refractivity contribution < 1.29 is 9.53 Å². The molecule has 0 atom stereocenters. The number of ether oxygens (including phenoxy) is 1. The summed E-state index contributed by atoms with van der Waals surface area (Å²) in [5, 5.41) is 0. The third-order valence-electron chi connectivity index (χ3n) is 5.59. The van der Waals surface area contributed by atoms with E-state index in [1.54, 1.807) is 0 Å². The highest BCUT2D eigenvalue weighted by Crippen LogP contribution is 2.10. The van der Waals surface area contributed by atoms with Crippen LogP contribution < -0.4 is 0 Å². The maximum atomic E-state index is 11.7. The standard InChI is InChI=1S/C28H52O2/c1-3-5-7-9-11-13-14-15-16-17-18-19-20-22-24-26-28(29)30-27-25-23-21-12-10-8-6-4-2/h11,13,15-16H,3-10,12,14,17-27H2,1-2H3. The first-order chi connectivity index (χ1) is 14.8. The van der Waals surface area contributed by atoms with Crippen LogP contribution in [0.25, 0.3) is 0 Å². The van der Waals surface area contributed by atoms with Gasteiger partial charge in [0.2, 0.25) is 0 Å². The SMILES string of the molecule is CCCCCC=CCC=CCCCCCCCC(=O)OCCCCCCCCCC. The summed E-state index contributed by atoms with van der Waals surface area (Å²) in [4.78, 5) is 11.7. The molecule has 0 aromatic heterocycles. The van der Waals surface area contributed by atoms with Gasteiger partial charge in [-0.15, -0.1) is 0 Å². The van der Waals surface area contributed by atoms with Gasteiger partial charge in [0.15, 0.2) is 0 Å². The van der Waals surface area contributed by atoms with Crippen molar-refractivity contribution in [1.82, 2.24) is 0 Å². The second kappa shape index (κ2) is 26.0. The molecule has 2 heteroatoms. The van der Waals surface area contributed by atoms with Crippen LogP contribution >= 0.6 is 0 Å². The Labute approximate surface area is 188 Å². The molecule has 0 aliphatic rings. The third kappa shape index (κ3) is 25.0. The predicted octanol–water partition coefficient (Wildman–Crippen LogP) is 9.48. The average Bonchev–Trinajstić information content (AvgIpc) is 2.75. The summed E-state index contributed by atoms with van der Waals surface area (Å²) >= 11 is 0. The van der Waals surface area contributed by atoms with Crippen molar-refractivity contribution in [3.05, 3.63) is 24.3 Å². The summed E-state index contributed by atoms with van der Waals surface area (Å²) in [5.74, 6) is 0.00336. The average molecular weight is 421 g/mol. The molecule has 0 aromatic rings. The molecule has 0 saturated carbocycles. The van der Waals surface area contributed by atoms with Gasteiger partial charge in [0.05, 0.1) is 6.61 Å². The van der Waals surface area contributed by atoms with Gasteiger partial charge >= 0.3 is 5.97 Å². The van der Waals surface area contributed by atoms with Gasteiger partial charge in [-0.05, 0) is 44.9 Å². The molecule has 0 spiro atoms. The van der Waals surface area contributed by atoms with Crippen LogP contribution in [0, 0.1) is 0 Å². The van der Waals surface area contributed by atoms with E-state index in [9.17, 15) is 4.79 Å². The molecule has 0 fully saturated rings. The number of carbonyl (C=O) groups is 1. The van der Waals surface area contributed by atoms with E-state index in [0.717, 1.165) is 25.7 Å². The molecule has 0 heterocycles. The van der Waals surface area contributed by atoms with E-state index in [-0.39, 0.29) is 5.97 Å². The largest absolute Gasteiger partial charge is 0.466 e. The van der Waals surface area contributed by atoms with Gasteiger partial charge in [0, 0.05) is 6.42 Å². The monoisotopic (exact) mass is 420 g/mol. The van der Waals surface area contributed by atoms with Crippen LogP contribution in [0.3, 0.4) is 0 Å². The van der Waals surface area contributed by atoms with Gasteiger partial charge in [-0.1, -0.05) is 115 Å². The highest BCUT2D eigenvalue weighted by atomic mass is 16.5. The molecule has 0 aliphatic carbocycles. The van der Waals surface area contributed by atoms with Crippen molar-refractivity contribution in [3.8, 4) is 0 Å². The zero-order valence-corrected chi connectivity index (χ0v) is 20.5. The fraction of sp³-hybridized carbons (Fsp3) is 0.821. The van der Waals surface area contributed by atoms with Crippen LogP contribution in [0.15, 0.2) is 24.3 Å². The smallest absolute Gasteiger partial charge is 0.305 e. The molecule has 0 N–H and O–H groups in total. The fourth-order valence-electron chi connectivity index (χ4n) is 3.57. The molecule has 0 aromatic carbocycles. The number of hydrogen-bond acceptors (Lipinski definition) is 2. The second-order valence-electron chi connectivity index (χ2n) is 8.68. The molecule has 30 heavy (non-hydrogen) atoms. The number of unbranched alkanes of at least 4 members (excludes halogenated alkanes) is 15. The molecule has 0 radical (unpaired) electrons. The maximum Gasteiger partial charge on any atom is 0.305 e. The van der Waals surface area contributed by atoms with Gasteiger partial charge < -0.3 is 4.74 Å². The zero-order chi connectivity index (χ0) is 22.0. The Balaban J connectivity index is 3.25. The summed E-state index contributed by atoms with van der Waals surface area (Å²) < 4.78 is 5.35. The highest BCUT2D eigenvalue weighted by molar-refractivity contribution is 5.69. The number of allylic oxidation sites excluding steroid dienone is 4. The van der Waals surface area contributed by atoms with Crippen LogP contribution in [0.4, 0.5) is 0 Å². The van der Waals surface area contributed by atoms with Gasteiger partial charge in [0.25, 0.3) is 0 Å². The predicted molar refractivity (Wildman–Crippen MR) is 133 cm³/mol. The summed E-state index contributed by atoms with van der Waals surface area (Å²) in [6.45, 7) is 5.12. The Morgan fingerprint density at radius 3 is 1.67 bits per heavy atom. The highest BCUT2D eigenvalue weighted by Gasteiger charge is 2.02. The molecule has 0 aliphatic heterocycles. The minimum atomic E-state index is 0.00336. The number of esters is 1. The molecule has 0 bridgehead atoms. The Hall–Kier alpha value is -1.05. The first-order valence-corrected chi connectivity index (χ1v) is 13.3. The van der Waals surface area contributed by atoms with Gasteiger partial charge in [-0.2, -0.15) is 0 Å². The van der Waals surface area contributed by atoms with Crippen LogP contribution in [-0.4, -0.2) is 12.6 Å². The maximum absolute atomic E-state index is 11.7. The lowest BCUT2D eigenvalue weighted by atomic mass is 10.1. The van der Waals surface area contributed by atoms with E-state index in [1.807, 2.05) is 0 Å². The van der Waals surface area contributed by atoms with Gasteiger partial charge in [-0.25, -0.2) is 0 Å². The van der Waals surface area contributed by atoms with Gasteiger partial charge in [-0.3, -0.25) is 4.79 Å². The van der Waals surface area contributed by atoms with E-state index in [0.29, 0.717) is 13.0 Å². The minimum Gasteiger partial charge on any atom is -0.466 e. The van der Waals surface area contributed by atoms with Crippen molar-refractivity contribution in [3.63, 3.8) is 0 Å². The van der Waals surface area contributed by atoms with Crippen molar-refractivity contribution in [1.29, 1.82) is 0 Å². The molecular weight excluding hydrogens is 368 g/mol. The molecule has 0 saturated heterocycles. The van der Waals surface area contributed by atoms with Crippen molar-refractivity contribution in [2.75, 3.05) is 6.61 Å². The van der Waals surface area contributed by atoms with Crippen molar-refractivity contribution in [2.45, 2.75) is 142 Å². The van der Waals surface area contributed by atoms with E-state index >= 15 is 0 Å². The Bertz CT molecular complexity index is 397. The normalized spacial score (nSPS) is 11.7. The second-order valence-corrected chi connectivity index (χ2v) is 8.68. The van der Waals surface area contributed by atoms with Gasteiger partial charge in [0.1, 0.15) is 0 Å². The molecule has 0 rings (SSSR count). The Morgan fingerprint density at radius 1 is 0.567 bits per heavy atom. The Morgan fingerprint density at radius 2 is 1.03 bits per heavy atom. The summed E-state index contributed by atoms with van der Waals surface area (Å²) in [6.07, 6.45) is 33.4. The third-order valence-corrected chi connectivity index (χ3v) is 5.59. The topological polar surface area (TPSA) is 26.3 Å². The van der Waals surface area contributed by atoms with Crippen LogP contribution in [0.1, 0.15) is 142 Å².